The van der Waals surface area contributed by atoms with Crippen LogP contribution < -0.4 is 5.32 Å². The Morgan fingerprint density at radius 1 is 1.40 bits per heavy atom. The Labute approximate surface area is 91.0 Å². The highest BCUT2D eigenvalue weighted by molar-refractivity contribution is 5.78. The summed E-state index contributed by atoms with van der Waals surface area (Å²) in [7, 11) is 0. The number of rotatable bonds is 2. The Morgan fingerprint density at radius 2 is 2.07 bits per heavy atom. The van der Waals surface area contributed by atoms with Gasteiger partial charge in [0.2, 0.25) is 11.8 Å². The van der Waals surface area contributed by atoms with E-state index in [2.05, 4.69) is 5.32 Å². The summed E-state index contributed by atoms with van der Waals surface area (Å²) in [5, 5.41) is 2.97. The minimum Gasteiger partial charge on any atom is -0.351 e. The summed E-state index contributed by atoms with van der Waals surface area (Å²) in [5.41, 5.74) is 0. The number of amides is 2. The van der Waals surface area contributed by atoms with Gasteiger partial charge in [-0.3, -0.25) is 9.59 Å². The van der Waals surface area contributed by atoms with Crippen LogP contribution in [0.25, 0.3) is 0 Å². The first-order valence-electron chi connectivity index (χ1n) is 5.56. The van der Waals surface area contributed by atoms with E-state index in [1.54, 1.807) is 11.8 Å². The average Bonchev–Trinajstić information content (AvgIpc) is 2.18. The van der Waals surface area contributed by atoms with Gasteiger partial charge in [0.1, 0.15) is 0 Å². The Hall–Kier alpha value is -1.06. The van der Waals surface area contributed by atoms with Crippen LogP contribution in [0, 0.1) is 5.92 Å². The first-order valence-corrected chi connectivity index (χ1v) is 5.56. The van der Waals surface area contributed by atoms with Crippen LogP contribution in [0.5, 0.6) is 0 Å². The number of hydrogen-bond acceptors (Lipinski definition) is 2. The molecule has 0 bridgehead atoms. The topological polar surface area (TPSA) is 49.4 Å². The van der Waals surface area contributed by atoms with Gasteiger partial charge in [-0.05, 0) is 12.8 Å². The van der Waals surface area contributed by atoms with Crippen molar-refractivity contribution in [3.8, 4) is 0 Å². The van der Waals surface area contributed by atoms with E-state index in [9.17, 15) is 9.59 Å². The highest BCUT2D eigenvalue weighted by Crippen LogP contribution is 2.10. The molecule has 1 atom stereocenters. The SMILES string of the molecule is CC(=O)N1CCCC(NC(=O)C(C)C)C1. The molecule has 1 fully saturated rings. The zero-order valence-corrected chi connectivity index (χ0v) is 9.75. The number of carbonyl (C=O) groups is 2. The number of carbonyl (C=O) groups excluding carboxylic acids is 2. The molecular weight excluding hydrogens is 192 g/mol. The lowest BCUT2D eigenvalue weighted by Crippen LogP contribution is -2.49. The summed E-state index contributed by atoms with van der Waals surface area (Å²) < 4.78 is 0. The van der Waals surface area contributed by atoms with Gasteiger partial charge in [-0.15, -0.1) is 0 Å². The number of nitrogens with one attached hydrogen (secondary N) is 1. The normalized spacial score (nSPS) is 21.6. The molecule has 1 rings (SSSR count). The van der Waals surface area contributed by atoms with Crippen LogP contribution >= 0.6 is 0 Å². The van der Waals surface area contributed by atoms with Gasteiger partial charge in [0.25, 0.3) is 0 Å². The van der Waals surface area contributed by atoms with E-state index in [0.717, 1.165) is 19.4 Å². The van der Waals surface area contributed by atoms with Crippen molar-refractivity contribution in [1.29, 1.82) is 0 Å². The van der Waals surface area contributed by atoms with Gasteiger partial charge in [0, 0.05) is 32.0 Å². The van der Waals surface area contributed by atoms with E-state index in [1.165, 1.54) is 0 Å². The van der Waals surface area contributed by atoms with Gasteiger partial charge in [-0.25, -0.2) is 0 Å². The van der Waals surface area contributed by atoms with Gasteiger partial charge < -0.3 is 10.2 Å². The molecular formula is C11H20N2O2. The molecule has 0 radical (unpaired) electrons. The lowest BCUT2D eigenvalue weighted by atomic mass is 10.0. The molecule has 1 aliphatic heterocycles. The van der Waals surface area contributed by atoms with Crippen molar-refractivity contribution in [3.63, 3.8) is 0 Å². The second-order valence-electron chi connectivity index (χ2n) is 4.47. The van der Waals surface area contributed by atoms with E-state index in [0.29, 0.717) is 6.54 Å². The third kappa shape index (κ3) is 3.53. The van der Waals surface area contributed by atoms with Gasteiger partial charge in [0.05, 0.1) is 0 Å². The second kappa shape index (κ2) is 5.14. The molecule has 1 aliphatic rings. The van der Waals surface area contributed by atoms with Crippen molar-refractivity contribution in [2.45, 2.75) is 39.7 Å². The number of likely N-dealkylation sites (tertiary alicyclic amines) is 1. The van der Waals surface area contributed by atoms with Crippen molar-refractivity contribution in [3.05, 3.63) is 0 Å². The molecule has 4 heteroatoms. The molecule has 2 amide bonds. The van der Waals surface area contributed by atoms with E-state index < -0.39 is 0 Å². The van der Waals surface area contributed by atoms with Gasteiger partial charge in [0.15, 0.2) is 0 Å². The molecule has 1 N–H and O–H groups in total. The van der Waals surface area contributed by atoms with Crippen molar-refractivity contribution in [2.24, 2.45) is 5.92 Å². The molecule has 86 valence electrons. The van der Waals surface area contributed by atoms with E-state index >= 15 is 0 Å². The van der Waals surface area contributed by atoms with Crippen LogP contribution in [-0.2, 0) is 9.59 Å². The summed E-state index contributed by atoms with van der Waals surface area (Å²) in [6, 6.07) is 0.137. The molecule has 0 aromatic heterocycles. The lowest BCUT2D eigenvalue weighted by Gasteiger charge is -2.32. The predicted octanol–water partition coefficient (Wildman–Crippen LogP) is 0.769. The van der Waals surface area contributed by atoms with Crippen LogP contribution in [-0.4, -0.2) is 35.8 Å². The standard InChI is InChI=1S/C11H20N2O2/c1-8(2)11(15)12-10-5-4-6-13(7-10)9(3)14/h8,10H,4-7H2,1-3H3,(H,12,15). The second-order valence-corrected chi connectivity index (χ2v) is 4.47. The van der Waals surface area contributed by atoms with Crippen molar-refractivity contribution >= 4 is 11.8 Å². The smallest absolute Gasteiger partial charge is 0.222 e. The first kappa shape index (κ1) is 12.0. The van der Waals surface area contributed by atoms with Crippen molar-refractivity contribution in [1.82, 2.24) is 10.2 Å². The highest BCUT2D eigenvalue weighted by Gasteiger charge is 2.23. The summed E-state index contributed by atoms with van der Waals surface area (Å²) in [6.07, 6.45) is 1.95. The molecule has 0 aromatic carbocycles. The largest absolute Gasteiger partial charge is 0.351 e. The molecule has 0 saturated carbocycles. The fourth-order valence-electron chi connectivity index (χ4n) is 1.75. The van der Waals surface area contributed by atoms with Gasteiger partial charge in [-0.2, -0.15) is 0 Å². The molecule has 1 heterocycles. The minimum absolute atomic E-state index is 0.0118. The lowest BCUT2D eigenvalue weighted by molar-refractivity contribution is -0.132. The molecule has 15 heavy (non-hydrogen) atoms. The fourth-order valence-corrected chi connectivity index (χ4v) is 1.75. The third-order valence-electron chi connectivity index (χ3n) is 2.74. The van der Waals surface area contributed by atoms with E-state index in [-0.39, 0.29) is 23.8 Å². The zero-order chi connectivity index (χ0) is 11.4. The Kier molecular flexibility index (Phi) is 4.12. The third-order valence-corrected chi connectivity index (χ3v) is 2.74. The summed E-state index contributed by atoms with van der Waals surface area (Å²) in [6.45, 7) is 6.81. The molecule has 0 spiro atoms. The van der Waals surface area contributed by atoms with Gasteiger partial charge in [-0.1, -0.05) is 13.8 Å². The van der Waals surface area contributed by atoms with Gasteiger partial charge >= 0.3 is 0 Å². The van der Waals surface area contributed by atoms with Crippen LogP contribution in [0.2, 0.25) is 0 Å². The number of nitrogens with zero attached hydrogens (tertiary/aromatic N) is 1. The van der Waals surface area contributed by atoms with Crippen LogP contribution in [0.15, 0.2) is 0 Å². The maximum atomic E-state index is 11.5. The number of piperidine rings is 1. The average molecular weight is 212 g/mol. The molecule has 4 nitrogen and oxygen atoms in total. The fraction of sp³-hybridized carbons (Fsp3) is 0.818. The van der Waals surface area contributed by atoms with E-state index in [1.807, 2.05) is 13.8 Å². The molecule has 1 unspecified atom stereocenters. The summed E-state index contributed by atoms with van der Waals surface area (Å²) in [5.74, 6) is 0.182. The quantitative estimate of drug-likeness (QED) is 0.735. The zero-order valence-electron chi connectivity index (χ0n) is 9.75. The van der Waals surface area contributed by atoms with Crippen molar-refractivity contribution < 1.29 is 9.59 Å². The summed E-state index contributed by atoms with van der Waals surface area (Å²) in [4.78, 5) is 24.5. The van der Waals surface area contributed by atoms with Crippen LogP contribution in [0.1, 0.15) is 33.6 Å². The van der Waals surface area contributed by atoms with Crippen molar-refractivity contribution in [2.75, 3.05) is 13.1 Å². The Morgan fingerprint density at radius 3 is 2.60 bits per heavy atom. The summed E-state index contributed by atoms with van der Waals surface area (Å²) >= 11 is 0. The van der Waals surface area contributed by atoms with Crippen LogP contribution in [0.3, 0.4) is 0 Å². The Balaban J connectivity index is 2.43. The van der Waals surface area contributed by atoms with Crippen LogP contribution in [0.4, 0.5) is 0 Å². The maximum absolute atomic E-state index is 11.5. The predicted molar refractivity (Wildman–Crippen MR) is 58.3 cm³/mol. The first-order chi connectivity index (χ1) is 7.00. The maximum Gasteiger partial charge on any atom is 0.222 e. The highest BCUT2D eigenvalue weighted by atomic mass is 16.2. The molecule has 1 saturated heterocycles. The Bertz CT molecular complexity index is 251. The minimum atomic E-state index is 0.0118. The van der Waals surface area contributed by atoms with E-state index in [4.69, 9.17) is 0 Å². The monoisotopic (exact) mass is 212 g/mol. The molecule has 0 aromatic rings. The molecule has 0 aliphatic carbocycles. The number of hydrogen-bond donors (Lipinski definition) is 1.